The van der Waals surface area contributed by atoms with Crippen LogP contribution in [0.3, 0.4) is 0 Å². The summed E-state index contributed by atoms with van der Waals surface area (Å²) in [4.78, 5) is 8.46. The second-order valence-corrected chi connectivity index (χ2v) is 3.54. The maximum Gasteiger partial charge on any atom is 0.220 e. The summed E-state index contributed by atoms with van der Waals surface area (Å²) in [5.74, 6) is 0.320. The lowest BCUT2D eigenvalue weighted by Crippen LogP contribution is -2.08. The first kappa shape index (κ1) is 9.86. The van der Waals surface area contributed by atoms with E-state index in [0.717, 1.165) is 28.6 Å². The monoisotopic (exact) mass is 202 g/mol. The van der Waals surface area contributed by atoms with E-state index in [1.807, 2.05) is 25.1 Å². The number of rotatable bonds is 2. The van der Waals surface area contributed by atoms with Gasteiger partial charge in [0.15, 0.2) is 0 Å². The van der Waals surface area contributed by atoms with Gasteiger partial charge in [0.2, 0.25) is 5.95 Å². The Morgan fingerprint density at radius 2 is 2.07 bits per heavy atom. The number of aryl methyl sites for hydroxylation is 1. The zero-order valence-electron chi connectivity index (χ0n) is 8.70. The van der Waals surface area contributed by atoms with Gasteiger partial charge in [-0.1, -0.05) is 18.2 Å². The summed E-state index contributed by atoms with van der Waals surface area (Å²) < 4.78 is 0. The molecule has 0 aliphatic heterocycles. The van der Waals surface area contributed by atoms with E-state index < -0.39 is 0 Å². The van der Waals surface area contributed by atoms with E-state index in [9.17, 15) is 0 Å². The average Bonchev–Trinajstić information content (AvgIpc) is 2.20. The minimum atomic E-state index is 0.320. The van der Waals surface area contributed by atoms with E-state index in [2.05, 4.69) is 9.97 Å². The van der Waals surface area contributed by atoms with Crippen molar-refractivity contribution in [2.45, 2.75) is 13.3 Å². The molecule has 0 saturated carbocycles. The van der Waals surface area contributed by atoms with E-state index in [0.29, 0.717) is 12.5 Å². The van der Waals surface area contributed by atoms with E-state index in [-0.39, 0.29) is 0 Å². The highest BCUT2D eigenvalue weighted by Gasteiger charge is 2.06. The molecule has 0 radical (unpaired) electrons. The summed E-state index contributed by atoms with van der Waals surface area (Å²) in [6, 6.07) is 6.02. The molecule has 2 aromatic rings. The summed E-state index contributed by atoms with van der Waals surface area (Å²) in [6.07, 6.45) is 0.729. The van der Waals surface area contributed by atoms with Gasteiger partial charge < -0.3 is 11.5 Å². The molecule has 4 N–H and O–H groups in total. The number of anilines is 1. The lowest BCUT2D eigenvalue weighted by Gasteiger charge is -2.07. The highest BCUT2D eigenvalue weighted by molar-refractivity contribution is 5.84. The fourth-order valence-corrected chi connectivity index (χ4v) is 1.71. The maximum absolute atomic E-state index is 5.66. The second kappa shape index (κ2) is 3.82. The number of aromatic nitrogens is 2. The van der Waals surface area contributed by atoms with Crippen LogP contribution >= 0.6 is 0 Å². The van der Waals surface area contributed by atoms with E-state index >= 15 is 0 Å². The topological polar surface area (TPSA) is 77.8 Å². The molecule has 0 amide bonds. The SMILES string of the molecule is Cc1cccc2c(CCN)nc(N)nc12. The third-order valence-corrected chi connectivity index (χ3v) is 2.41. The van der Waals surface area contributed by atoms with E-state index in [4.69, 9.17) is 11.5 Å². The molecular formula is C11H14N4. The fraction of sp³-hybridized carbons (Fsp3) is 0.273. The van der Waals surface area contributed by atoms with Crippen LogP contribution in [0, 0.1) is 6.92 Å². The van der Waals surface area contributed by atoms with Gasteiger partial charge in [0.1, 0.15) is 0 Å². The molecule has 78 valence electrons. The third-order valence-electron chi connectivity index (χ3n) is 2.41. The normalized spacial score (nSPS) is 10.8. The van der Waals surface area contributed by atoms with Crippen LogP contribution < -0.4 is 11.5 Å². The molecule has 1 heterocycles. The maximum atomic E-state index is 5.66. The lowest BCUT2D eigenvalue weighted by molar-refractivity contribution is 0.930. The minimum absolute atomic E-state index is 0.320. The molecule has 1 aromatic carbocycles. The van der Waals surface area contributed by atoms with Crippen LogP contribution in [0.2, 0.25) is 0 Å². The van der Waals surface area contributed by atoms with Crippen molar-refractivity contribution < 1.29 is 0 Å². The van der Waals surface area contributed by atoms with Gasteiger partial charge in [0.25, 0.3) is 0 Å². The Labute approximate surface area is 88.3 Å². The van der Waals surface area contributed by atoms with Crippen molar-refractivity contribution >= 4 is 16.9 Å². The standard InChI is InChI=1S/C11H14N4/c1-7-3-2-4-8-9(5-6-12)14-11(13)15-10(7)8/h2-4H,5-6,12H2,1H3,(H2,13,14,15). The molecule has 0 unspecified atom stereocenters. The fourth-order valence-electron chi connectivity index (χ4n) is 1.71. The van der Waals surface area contributed by atoms with Crippen molar-refractivity contribution in [2.75, 3.05) is 12.3 Å². The molecule has 0 spiro atoms. The minimum Gasteiger partial charge on any atom is -0.368 e. The molecule has 15 heavy (non-hydrogen) atoms. The number of hydrogen-bond acceptors (Lipinski definition) is 4. The smallest absolute Gasteiger partial charge is 0.220 e. The number of para-hydroxylation sites is 1. The van der Waals surface area contributed by atoms with Crippen LogP contribution in [0.1, 0.15) is 11.3 Å². The number of fused-ring (bicyclic) bond motifs is 1. The Hall–Kier alpha value is -1.68. The lowest BCUT2D eigenvalue weighted by atomic mass is 10.1. The van der Waals surface area contributed by atoms with Crippen LogP contribution in [0.5, 0.6) is 0 Å². The van der Waals surface area contributed by atoms with Crippen molar-refractivity contribution in [3.63, 3.8) is 0 Å². The summed E-state index contributed by atoms with van der Waals surface area (Å²) in [5.41, 5.74) is 14.2. The Kier molecular flexibility index (Phi) is 2.51. The highest BCUT2D eigenvalue weighted by atomic mass is 15.0. The Bertz CT molecular complexity index is 493. The number of benzene rings is 1. The van der Waals surface area contributed by atoms with Crippen molar-refractivity contribution in [3.8, 4) is 0 Å². The zero-order valence-corrected chi connectivity index (χ0v) is 8.70. The first-order chi connectivity index (χ1) is 7.22. The summed E-state index contributed by atoms with van der Waals surface area (Å²) in [6.45, 7) is 2.58. The quantitative estimate of drug-likeness (QED) is 0.762. The molecule has 4 heteroatoms. The molecule has 0 aliphatic rings. The van der Waals surface area contributed by atoms with Crippen LogP contribution in [-0.4, -0.2) is 16.5 Å². The second-order valence-electron chi connectivity index (χ2n) is 3.54. The molecule has 0 bridgehead atoms. The van der Waals surface area contributed by atoms with Gasteiger partial charge in [-0.15, -0.1) is 0 Å². The van der Waals surface area contributed by atoms with Crippen molar-refractivity contribution in [3.05, 3.63) is 29.5 Å². The molecule has 0 aliphatic carbocycles. The van der Waals surface area contributed by atoms with E-state index in [1.165, 1.54) is 0 Å². The largest absolute Gasteiger partial charge is 0.368 e. The molecule has 4 nitrogen and oxygen atoms in total. The van der Waals surface area contributed by atoms with Crippen LogP contribution in [-0.2, 0) is 6.42 Å². The summed E-state index contributed by atoms with van der Waals surface area (Å²) >= 11 is 0. The Balaban J connectivity index is 2.74. The van der Waals surface area contributed by atoms with Gasteiger partial charge in [0, 0.05) is 11.8 Å². The highest BCUT2D eigenvalue weighted by Crippen LogP contribution is 2.19. The summed E-state index contributed by atoms with van der Waals surface area (Å²) in [5, 5.41) is 1.05. The molecule has 0 saturated heterocycles. The summed E-state index contributed by atoms with van der Waals surface area (Å²) in [7, 11) is 0. The number of nitrogen functional groups attached to an aromatic ring is 1. The first-order valence-electron chi connectivity index (χ1n) is 4.94. The van der Waals surface area contributed by atoms with E-state index in [1.54, 1.807) is 0 Å². The van der Waals surface area contributed by atoms with Crippen LogP contribution in [0.25, 0.3) is 10.9 Å². The van der Waals surface area contributed by atoms with Crippen LogP contribution in [0.15, 0.2) is 18.2 Å². The molecule has 0 fully saturated rings. The predicted molar refractivity (Wildman–Crippen MR) is 61.4 cm³/mol. The number of nitrogens with zero attached hydrogens (tertiary/aromatic N) is 2. The van der Waals surface area contributed by atoms with Gasteiger partial charge in [-0.2, -0.15) is 0 Å². The van der Waals surface area contributed by atoms with Gasteiger partial charge in [-0.05, 0) is 19.0 Å². The Morgan fingerprint density at radius 3 is 2.80 bits per heavy atom. The number of hydrogen-bond donors (Lipinski definition) is 2. The average molecular weight is 202 g/mol. The zero-order chi connectivity index (χ0) is 10.8. The first-order valence-corrected chi connectivity index (χ1v) is 4.94. The van der Waals surface area contributed by atoms with Crippen molar-refractivity contribution in [2.24, 2.45) is 5.73 Å². The van der Waals surface area contributed by atoms with Gasteiger partial charge in [-0.3, -0.25) is 0 Å². The molecular weight excluding hydrogens is 188 g/mol. The van der Waals surface area contributed by atoms with Crippen molar-refractivity contribution in [1.82, 2.24) is 9.97 Å². The molecule has 1 aromatic heterocycles. The Morgan fingerprint density at radius 1 is 1.27 bits per heavy atom. The van der Waals surface area contributed by atoms with Gasteiger partial charge in [0.05, 0.1) is 11.2 Å². The molecule has 0 atom stereocenters. The van der Waals surface area contributed by atoms with Crippen molar-refractivity contribution in [1.29, 1.82) is 0 Å². The van der Waals surface area contributed by atoms with Gasteiger partial charge >= 0.3 is 0 Å². The van der Waals surface area contributed by atoms with Crippen LogP contribution in [0.4, 0.5) is 5.95 Å². The predicted octanol–water partition coefficient (Wildman–Crippen LogP) is 1.02. The third kappa shape index (κ3) is 1.76. The van der Waals surface area contributed by atoms with Gasteiger partial charge in [-0.25, -0.2) is 9.97 Å². The number of nitrogens with two attached hydrogens (primary N) is 2. The molecule has 2 rings (SSSR count).